The molecule has 6 heteroatoms. The molecule has 2 fully saturated rings. The summed E-state index contributed by atoms with van der Waals surface area (Å²) in [5.74, 6) is 0.289. The van der Waals surface area contributed by atoms with Gasteiger partial charge in [-0.2, -0.15) is 0 Å². The zero-order valence-electron chi connectivity index (χ0n) is 12.6. The highest BCUT2D eigenvalue weighted by Crippen LogP contribution is 2.33. The van der Waals surface area contributed by atoms with Crippen molar-refractivity contribution in [2.75, 3.05) is 12.4 Å². The lowest BCUT2D eigenvalue weighted by atomic mass is 9.85. The van der Waals surface area contributed by atoms with Crippen molar-refractivity contribution >= 4 is 24.0 Å². The van der Waals surface area contributed by atoms with Crippen molar-refractivity contribution in [1.29, 1.82) is 0 Å². The summed E-state index contributed by atoms with van der Waals surface area (Å²) in [6, 6.07) is 4.70. The maximum absolute atomic E-state index is 13.4. The Bertz CT molecular complexity index is 527. The summed E-state index contributed by atoms with van der Waals surface area (Å²) >= 11 is 0. The van der Waals surface area contributed by atoms with E-state index >= 15 is 0 Å². The number of benzene rings is 1. The lowest BCUT2D eigenvalue weighted by Crippen LogP contribution is -2.39. The van der Waals surface area contributed by atoms with E-state index in [1.165, 1.54) is 44.9 Å². The lowest BCUT2D eigenvalue weighted by molar-refractivity contribution is -0.117. The molecular weight excluding hydrogens is 307 g/mol. The van der Waals surface area contributed by atoms with Crippen LogP contribution in [0.4, 0.5) is 10.1 Å². The Hall–Kier alpha value is -1.33. The molecule has 1 aliphatic carbocycles. The maximum Gasteiger partial charge on any atom is 0.241 e. The molecule has 1 amide bonds. The van der Waals surface area contributed by atoms with Crippen LogP contribution in [0.25, 0.3) is 0 Å². The number of hydrogen-bond donors (Lipinski definition) is 2. The molecule has 0 aromatic heterocycles. The quantitative estimate of drug-likeness (QED) is 0.896. The zero-order valence-corrected chi connectivity index (χ0v) is 13.4. The van der Waals surface area contributed by atoms with Crippen molar-refractivity contribution < 1.29 is 13.9 Å². The summed E-state index contributed by atoms with van der Waals surface area (Å²) in [6.45, 7) is 0. The van der Waals surface area contributed by atoms with E-state index in [4.69, 9.17) is 4.74 Å². The number of anilines is 1. The summed E-state index contributed by atoms with van der Waals surface area (Å²) in [7, 11) is 1.41. The molecular formula is C16H22ClFN2O2. The lowest BCUT2D eigenvalue weighted by Gasteiger charge is -2.24. The predicted octanol–water partition coefficient (Wildman–Crippen LogP) is 3.12. The SMILES string of the molecule is COc1cc(NC(=O)C2CC3CCCCC3N2)ccc1F.Cl. The van der Waals surface area contributed by atoms with Crippen molar-refractivity contribution in [2.45, 2.75) is 44.2 Å². The fraction of sp³-hybridized carbons (Fsp3) is 0.562. The molecule has 1 aromatic carbocycles. The summed E-state index contributed by atoms with van der Waals surface area (Å²) in [6.07, 6.45) is 5.80. The fourth-order valence-electron chi connectivity index (χ4n) is 3.49. The van der Waals surface area contributed by atoms with Crippen molar-refractivity contribution in [3.05, 3.63) is 24.0 Å². The molecule has 4 nitrogen and oxygen atoms in total. The normalized spacial score (nSPS) is 26.7. The average Bonchev–Trinajstić information content (AvgIpc) is 2.93. The Balaban J connectivity index is 0.00000176. The number of halogens is 2. The summed E-state index contributed by atoms with van der Waals surface area (Å²) in [5, 5.41) is 6.28. The van der Waals surface area contributed by atoms with E-state index in [1.807, 2.05) is 0 Å². The number of nitrogens with one attached hydrogen (secondary N) is 2. The summed E-state index contributed by atoms with van der Waals surface area (Å²) in [4.78, 5) is 12.3. The van der Waals surface area contributed by atoms with Crippen molar-refractivity contribution in [3.63, 3.8) is 0 Å². The van der Waals surface area contributed by atoms with Gasteiger partial charge in [-0.15, -0.1) is 12.4 Å². The van der Waals surface area contributed by atoms with Gasteiger partial charge in [0.1, 0.15) is 0 Å². The topological polar surface area (TPSA) is 50.4 Å². The van der Waals surface area contributed by atoms with Gasteiger partial charge in [-0.1, -0.05) is 12.8 Å². The molecule has 0 bridgehead atoms. The van der Waals surface area contributed by atoms with Crippen LogP contribution in [-0.2, 0) is 4.79 Å². The molecule has 2 aliphatic rings. The summed E-state index contributed by atoms with van der Waals surface area (Å²) < 4.78 is 18.3. The fourth-order valence-corrected chi connectivity index (χ4v) is 3.49. The third kappa shape index (κ3) is 3.52. The van der Waals surface area contributed by atoms with Crippen LogP contribution in [0.5, 0.6) is 5.75 Å². The zero-order chi connectivity index (χ0) is 14.8. The number of ether oxygens (including phenoxy) is 1. The second kappa shape index (κ2) is 7.29. The Morgan fingerprint density at radius 3 is 2.86 bits per heavy atom. The first-order valence-electron chi connectivity index (χ1n) is 7.58. The van der Waals surface area contributed by atoms with E-state index in [9.17, 15) is 9.18 Å². The first kappa shape index (κ1) is 17.0. The van der Waals surface area contributed by atoms with Crippen molar-refractivity contribution in [3.8, 4) is 5.75 Å². The van der Waals surface area contributed by atoms with E-state index in [0.29, 0.717) is 17.6 Å². The first-order chi connectivity index (χ1) is 10.2. The molecule has 1 heterocycles. The van der Waals surface area contributed by atoms with E-state index in [2.05, 4.69) is 10.6 Å². The van der Waals surface area contributed by atoms with Crippen LogP contribution in [0.3, 0.4) is 0 Å². The molecule has 1 aliphatic heterocycles. The average molecular weight is 329 g/mol. The van der Waals surface area contributed by atoms with Crippen molar-refractivity contribution in [2.24, 2.45) is 5.92 Å². The van der Waals surface area contributed by atoms with Gasteiger partial charge in [0.25, 0.3) is 0 Å². The number of rotatable bonds is 3. The van der Waals surface area contributed by atoms with Crippen LogP contribution in [-0.4, -0.2) is 25.1 Å². The van der Waals surface area contributed by atoms with Gasteiger partial charge in [0, 0.05) is 17.8 Å². The highest BCUT2D eigenvalue weighted by Gasteiger charge is 2.38. The Kier molecular flexibility index (Phi) is 5.64. The van der Waals surface area contributed by atoms with Gasteiger partial charge in [0.2, 0.25) is 5.91 Å². The van der Waals surface area contributed by atoms with E-state index < -0.39 is 5.82 Å². The monoisotopic (exact) mass is 328 g/mol. The molecule has 122 valence electrons. The Morgan fingerprint density at radius 1 is 1.36 bits per heavy atom. The maximum atomic E-state index is 13.4. The molecule has 22 heavy (non-hydrogen) atoms. The molecule has 3 unspecified atom stereocenters. The minimum atomic E-state index is -0.430. The molecule has 0 spiro atoms. The number of hydrogen-bond acceptors (Lipinski definition) is 3. The van der Waals surface area contributed by atoms with Gasteiger partial charge in [0.15, 0.2) is 11.6 Å². The van der Waals surface area contributed by atoms with E-state index in [0.717, 1.165) is 6.42 Å². The van der Waals surface area contributed by atoms with Crippen molar-refractivity contribution in [1.82, 2.24) is 5.32 Å². The third-order valence-electron chi connectivity index (χ3n) is 4.60. The highest BCUT2D eigenvalue weighted by atomic mass is 35.5. The second-order valence-electron chi connectivity index (χ2n) is 5.94. The van der Waals surface area contributed by atoms with Gasteiger partial charge in [0.05, 0.1) is 13.2 Å². The van der Waals surface area contributed by atoms with Crippen LogP contribution in [0, 0.1) is 11.7 Å². The molecule has 3 atom stereocenters. The van der Waals surface area contributed by atoms with Crippen LogP contribution < -0.4 is 15.4 Å². The van der Waals surface area contributed by atoms with E-state index in [-0.39, 0.29) is 30.1 Å². The molecule has 0 radical (unpaired) electrons. The minimum absolute atomic E-state index is 0. The van der Waals surface area contributed by atoms with Crippen LogP contribution in [0.15, 0.2) is 18.2 Å². The number of carbonyl (C=O) groups excluding carboxylic acids is 1. The molecule has 1 aromatic rings. The minimum Gasteiger partial charge on any atom is -0.494 e. The van der Waals surface area contributed by atoms with E-state index in [1.54, 1.807) is 6.07 Å². The Labute approximate surface area is 136 Å². The third-order valence-corrected chi connectivity index (χ3v) is 4.60. The van der Waals surface area contributed by atoms with Gasteiger partial charge in [-0.05, 0) is 37.3 Å². The summed E-state index contributed by atoms with van der Waals surface area (Å²) in [5.41, 5.74) is 0.565. The number of fused-ring (bicyclic) bond motifs is 1. The number of amides is 1. The standard InChI is InChI=1S/C16H21FN2O2.ClH/c1-21-15-9-11(6-7-12(15)17)18-16(20)14-8-10-4-2-3-5-13(10)19-14;/h6-7,9-10,13-14,19H,2-5,8H2,1H3,(H,18,20);1H. The van der Waals surface area contributed by atoms with Crippen LogP contribution in [0.1, 0.15) is 32.1 Å². The van der Waals surface area contributed by atoms with Gasteiger partial charge < -0.3 is 15.4 Å². The van der Waals surface area contributed by atoms with Gasteiger partial charge in [-0.25, -0.2) is 4.39 Å². The predicted molar refractivity (Wildman–Crippen MR) is 86.1 cm³/mol. The largest absolute Gasteiger partial charge is 0.494 e. The smallest absolute Gasteiger partial charge is 0.241 e. The van der Waals surface area contributed by atoms with Gasteiger partial charge in [-0.3, -0.25) is 4.79 Å². The first-order valence-corrected chi connectivity index (χ1v) is 7.58. The van der Waals surface area contributed by atoms with Crippen LogP contribution in [0.2, 0.25) is 0 Å². The van der Waals surface area contributed by atoms with Crippen LogP contribution >= 0.6 is 12.4 Å². The number of carbonyl (C=O) groups is 1. The molecule has 1 saturated heterocycles. The highest BCUT2D eigenvalue weighted by molar-refractivity contribution is 5.95. The second-order valence-corrected chi connectivity index (χ2v) is 5.94. The number of methoxy groups -OCH3 is 1. The molecule has 3 rings (SSSR count). The Morgan fingerprint density at radius 2 is 2.14 bits per heavy atom. The molecule has 1 saturated carbocycles. The van der Waals surface area contributed by atoms with Gasteiger partial charge >= 0.3 is 0 Å². The molecule has 2 N–H and O–H groups in total.